The largest absolute Gasteiger partial charge is 0.497 e. The maximum absolute atomic E-state index is 13.3. The van der Waals surface area contributed by atoms with Gasteiger partial charge in [0.05, 0.1) is 20.3 Å². The van der Waals surface area contributed by atoms with E-state index in [2.05, 4.69) is 27.9 Å². The summed E-state index contributed by atoms with van der Waals surface area (Å²) in [7, 11) is 3.23. The number of amides is 1. The Kier molecular flexibility index (Phi) is 6.31. The van der Waals surface area contributed by atoms with Crippen LogP contribution in [0, 0.1) is 0 Å². The van der Waals surface area contributed by atoms with E-state index < -0.39 is 5.25 Å². The molecular formula is C22H25N5O3S. The van der Waals surface area contributed by atoms with Crippen molar-refractivity contribution in [1.29, 1.82) is 0 Å². The van der Waals surface area contributed by atoms with Gasteiger partial charge in [-0.1, -0.05) is 36.9 Å². The minimum absolute atomic E-state index is 0.127. The number of methoxy groups -OCH3 is 2. The highest BCUT2D eigenvalue weighted by Gasteiger charge is 2.37. The van der Waals surface area contributed by atoms with Crippen molar-refractivity contribution in [1.82, 2.24) is 14.9 Å². The fourth-order valence-electron chi connectivity index (χ4n) is 3.46. The van der Waals surface area contributed by atoms with Gasteiger partial charge in [-0.3, -0.25) is 4.79 Å². The van der Waals surface area contributed by atoms with E-state index in [9.17, 15) is 4.79 Å². The van der Waals surface area contributed by atoms with Crippen molar-refractivity contribution in [2.45, 2.75) is 36.2 Å². The average Bonchev–Trinajstić information content (AvgIpc) is 3.20. The average molecular weight is 440 g/mol. The summed E-state index contributed by atoms with van der Waals surface area (Å²) in [6.07, 6.45) is 1.76. The molecule has 0 spiro atoms. The molecule has 1 aliphatic heterocycles. The summed E-state index contributed by atoms with van der Waals surface area (Å²) in [5.74, 6) is 2.18. The Balaban J connectivity index is 1.65. The quantitative estimate of drug-likeness (QED) is 0.581. The predicted molar refractivity (Wildman–Crippen MR) is 120 cm³/mol. The summed E-state index contributed by atoms with van der Waals surface area (Å²) < 4.78 is 12.4. The Morgan fingerprint density at radius 1 is 1.13 bits per heavy atom. The third kappa shape index (κ3) is 4.46. The molecule has 0 fully saturated rings. The van der Waals surface area contributed by atoms with Crippen LogP contribution in [0.1, 0.15) is 30.8 Å². The van der Waals surface area contributed by atoms with Gasteiger partial charge in [0.15, 0.2) is 5.82 Å². The highest BCUT2D eigenvalue weighted by atomic mass is 32.2. The summed E-state index contributed by atoms with van der Waals surface area (Å²) >= 11 is 1.41. The van der Waals surface area contributed by atoms with E-state index in [1.807, 2.05) is 47.1 Å². The van der Waals surface area contributed by atoms with Crippen LogP contribution in [0.4, 0.5) is 5.69 Å². The number of carbonyl (C=O) groups is 1. The molecule has 8 nitrogen and oxygen atoms in total. The first-order valence-corrected chi connectivity index (χ1v) is 11.0. The molecule has 2 heterocycles. The number of rotatable bonds is 7. The topological polar surface area (TPSA) is 90.3 Å². The fraction of sp³-hybridized carbons (Fsp3) is 0.318. The molecule has 2 N–H and O–H groups in total. The first kappa shape index (κ1) is 21.0. The van der Waals surface area contributed by atoms with Crippen LogP contribution < -0.4 is 20.2 Å². The van der Waals surface area contributed by atoms with Gasteiger partial charge >= 0.3 is 0 Å². The van der Waals surface area contributed by atoms with Crippen LogP contribution in [0.15, 0.2) is 53.7 Å². The number of fused-ring (bicyclic) bond motifs is 1. The highest BCUT2D eigenvalue weighted by Crippen LogP contribution is 2.38. The number of nitrogens with zero attached hydrogens (tertiary/aromatic N) is 3. The molecule has 1 amide bonds. The second-order valence-electron chi connectivity index (χ2n) is 7.12. The van der Waals surface area contributed by atoms with E-state index in [1.165, 1.54) is 11.8 Å². The molecule has 0 saturated carbocycles. The molecule has 31 heavy (non-hydrogen) atoms. The van der Waals surface area contributed by atoms with Gasteiger partial charge < -0.3 is 20.2 Å². The van der Waals surface area contributed by atoms with Gasteiger partial charge in [-0.25, -0.2) is 4.68 Å². The number of nitrogens with one attached hydrogen (secondary N) is 2. The Labute approximate surface area is 185 Å². The lowest BCUT2D eigenvalue weighted by molar-refractivity contribution is -0.116. The molecular weight excluding hydrogens is 414 g/mol. The van der Waals surface area contributed by atoms with Crippen molar-refractivity contribution in [2.24, 2.45) is 0 Å². The van der Waals surface area contributed by atoms with Crippen LogP contribution in [0.3, 0.4) is 0 Å². The number of ether oxygens (including phenoxy) is 2. The van der Waals surface area contributed by atoms with Crippen LogP contribution >= 0.6 is 11.8 Å². The van der Waals surface area contributed by atoms with E-state index in [4.69, 9.17) is 9.47 Å². The number of carbonyl (C=O) groups excluding carboxylic acids is 1. The van der Waals surface area contributed by atoms with Crippen molar-refractivity contribution in [2.75, 3.05) is 25.0 Å². The number of aryl methyl sites for hydroxylation is 1. The van der Waals surface area contributed by atoms with Gasteiger partial charge in [-0.15, -0.1) is 10.2 Å². The SMILES string of the molecule is CCCc1nnc2n1N[C@@H](c1ccc(OC)cc1)[C@H](C(=O)Nc1cccc(OC)c1)S2. The molecule has 9 heteroatoms. The van der Waals surface area contributed by atoms with E-state index in [1.54, 1.807) is 20.3 Å². The van der Waals surface area contributed by atoms with Crippen LogP contribution in [-0.2, 0) is 11.2 Å². The maximum Gasteiger partial charge on any atom is 0.240 e. The minimum atomic E-state index is -0.453. The lowest BCUT2D eigenvalue weighted by Gasteiger charge is -2.33. The maximum atomic E-state index is 13.3. The summed E-state index contributed by atoms with van der Waals surface area (Å²) in [4.78, 5) is 13.3. The monoisotopic (exact) mass is 439 g/mol. The summed E-state index contributed by atoms with van der Waals surface area (Å²) in [5.41, 5.74) is 5.12. The van der Waals surface area contributed by atoms with Crippen molar-refractivity contribution < 1.29 is 14.3 Å². The van der Waals surface area contributed by atoms with Crippen LogP contribution in [0.5, 0.6) is 11.5 Å². The second kappa shape index (κ2) is 9.30. The number of aromatic nitrogens is 3. The summed E-state index contributed by atoms with van der Waals surface area (Å²) in [5, 5.41) is 11.8. The third-order valence-electron chi connectivity index (χ3n) is 5.05. The smallest absolute Gasteiger partial charge is 0.240 e. The van der Waals surface area contributed by atoms with Crippen molar-refractivity contribution in [3.05, 3.63) is 59.9 Å². The molecule has 1 aromatic heterocycles. The molecule has 3 aromatic rings. The Bertz CT molecular complexity index is 1050. The number of anilines is 1. The summed E-state index contributed by atoms with van der Waals surface area (Å²) in [6, 6.07) is 14.8. The van der Waals surface area contributed by atoms with E-state index in [0.29, 0.717) is 16.6 Å². The molecule has 2 aromatic carbocycles. The van der Waals surface area contributed by atoms with Crippen LogP contribution in [0.25, 0.3) is 0 Å². The standard InChI is InChI=1S/C22H25N5O3S/c1-4-6-18-24-25-22-27(18)26-19(14-9-11-16(29-2)12-10-14)20(31-22)21(28)23-15-7-5-8-17(13-15)30-3/h5,7-13,19-20,26H,4,6H2,1-3H3,(H,23,28)/t19-,20+/m0/s1. The summed E-state index contributed by atoms with van der Waals surface area (Å²) in [6.45, 7) is 2.10. The molecule has 1 aliphatic rings. The number of thioether (sulfide) groups is 1. The van der Waals surface area contributed by atoms with E-state index >= 15 is 0 Å². The van der Waals surface area contributed by atoms with Crippen molar-refractivity contribution in [3.63, 3.8) is 0 Å². The van der Waals surface area contributed by atoms with Gasteiger partial charge in [0, 0.05) is 18.2 Å². The second-order valence-corrected chi connectivity index (χ2v) is 8.23. The Morgan fingerprint density at radius 3 is 2.61 bits per heavy atom. The molecule has 0 radical (unpaired) electrons. The molecule has 0 unspecified atom stereocenters. The Morgan fingerprint density at radius 2 is 1.90 bits per heavy atom. The van der Waals surface area contributed by atoms with Gasteiger partial charge in [0.1, 0.15) is 16.7 Å². The normalized spacial score (nSPS) is 17.4. The highest BCUT2D eigenvalue weighted by molar-refractivity contribution is 8.00. The van der Waals surface area contributed by atoms with Crippen molar-refractivity contribution >= 4 is 23.4 Å². The van der Waals surface area contributed by atoms with Crippen molar-refractivity contribution in [3.8, 4) is 11.5 Å². The zero-order chi connectivity index (χ0) is 21.8. The van der Waals surface area contributed by atoms with Gasteiger partial charge in [-0.05, 0) is 36.2 Å². The number of benzene rings is 2. The lowest BCUT2D eigenvalue weighted by atomic mass is 10.0. The number of hydrogen-bond acceptors (Lipinski definition) is 7. The minimum Gasteiger partial charge on any atom is -0.497 e. The molecule has 162 valence electrons. The molecule has 0 bridgehead atoms. The van der Waals surface area contributed by atoms with E-state index in [-0.39, 0.29) is 11.9 Å². The predicted octanol–water partition coefficient (Wildman–Crippen LogP) is 3.65. The van der Waals surface area contributed by atoms with Gasteiger partial charge in [0.25, 0.3) is 0 Å². The zero-order valence-electron chi connectivity index (χ0n) is 17.7. The lowest BCUT2D eigenvalue weighted by Crippen LogP contribution is -2.41. The molecule has 0 saturated heterocycles. The fourth-order valence-corrected chi connectivity index (χ4v) is 4.56. The van der Waals surface area contributed by atoms with Crippen LogP contribution in [0.2, 0.25) is 0 Å². The third-order valence-corrected chi connectivity index (χ3v) is 6.26. The first-order valence-electron chi connectivity index (χ1n) is 10.1. The van der Waals surface area contributed by atoms with Gasteiger partial charge in [-0.2, -0.15) is 0 Å². The molecule has 0 aliphatic carbocycles. The zero-order valence-corrected chi connectivity index (χ0v) is 18.5. The Hall–Kier alpha value is -3.20. The number of hydrogen-bond donors (Lipinski definition) is 2. The first-order chi connectivity index (χ1) is 15.1. The van der Waals surface area contributed by atoms with Gasteiger partial charge in [0.2, 0.25) is 11.1 Å². The van der Waals surface area contributed by atoms with Crippen LogP contribution in [-0.4, -0.2) is 40.3 Å². The molecule has 2 atom stereocenters. The molecule has 4 rings (SSSR count). The van der Waals surface area contributed by atoms with E-state index in [0.717, 1.165) is 30.0 Å².